The fourth-order valence-corrected chi connectivity index (χ4v) is 2.00. The average molecular weight is 295 g/mol. The lowest BCUT2D eigenvalue weighted by molar-refractivity contribution is 0.0644. The van der Waals surface area contributed by atoms with Crippen molar-refractivity contribution in [3.05, 3.63) is 72.2 Å². The first-order chi connectivity index (χ1) is 10.7. The average Bonchev–Trinajstić information content (AvgIpc) is 3.04. The Labute approximate surface area is 126 Å². The Morgan fingerprint density at radius 2 is 1.73 bits per heavy atom. The smallest absolute Gasteiger partial charge is 0.392 e. The minimum atomic E-state index is -1.22. The Morgan fingerprint density at radius 1 is 1.05 bits per heavy atom. The van der Waals surface area contributed by atoms with Crippen molar-refractivity contribution in [2.24, 2.45) is 0 Å². The number of rotatable bonds is 5. The van der Waals surface area contributed by atoms with Crippen molar-refractivity contribution in [1.82, 2.24) is 4.98 Å². The van der Waals surface area contributed by atoms with E-state index in [0.717, 1.165) is 16.7 Å². The highest BCUT2D eigenvalue weighted by atomic mass is 16.6. The maximum absolute atomic E-state index is 10.6. The van der Waals surface area contributed by atoms with Crippen LogP contribution in [0, 0.1) is 0 Å². The van der Waals surface area contributed by atoms with Gasteiger partial charge in [-0.25, -0.2) is 9.78 Å². The van der Waals surface area contributed by atoms with E-state index in [1.165, 1.54) is 6.20 Å². The molecule has 0 aliphatic rings. The molecule has 0 unspecified atom stereocenters. The van der Waals surface area contributed by atoms with Gasteiger partial charge in [-0.2, -0.15) is 0 Å². The molecule has 1 heterocycles. The molecule has 0 atom stereocenters. The summed E-state index contributed by atoms with van der Waals surface area (Å²) in [6.45, 7) is 0.281. The molecule has 0 spiro atoms. The normalized spacial score (nSPS) is 10.4. The third-order valence-corrected chi connectivity index (χ3v) is 3.11. The van der Waals surface area contributed by atoms with E-state index >= 15 is 0 Å². The Hall–Kier alpha value is -3.08. The molecule has 0 aliphatic heterocycles. The van der Waals surface area contributed by atoms with Crippen molar-refractivity contribution in [2.75, 3.05) is 0 Å². The van der Waals surface area contributed by atoms with Crippen molar-refractivity contribution in [2.45, 2.75) is 6.61 Å². The molecule has 22 heavy (non-hydrogen) atoms. The number of hydrogen-bond acceptors (Lipinski definition) is 4. The van der Waals surface area contributed by atoms with Gasteiger partial charge in [0.1, 0.15) is 12.8 Å². The van der Waals surface area contributed by atoms with E-state index in [1.54, 1.807) is 0 Å². The molecule has 3 aromatic rings. The van der Waals surface area contributed by atoms with E-state index in [1.807, 2.05) is 54.6 Å². The number of nitrogens with zero attached hydrogens (tertiary/aromatic N) is 1. The molecule has 0 amide bonds. The molecule has 0 bridgehead atoms. The van der Waals surface area contributed by atoms with Gasteiger partial charge in [0.2, 0.25) is 0 Å². The molecule has 0 saturated heterocycles. The van der Waals surface area contributed by atoms with E-state index in [0.29, 0.717) is 0 Å². The van der Waals surface area contributed by atoms with Gasteiger partial charge in [0.05, 0.1) is 0 Å². The van der Waals surface area contributed by atoms with E-state index in [-0.39, 0.29) is 18.4 Å². The second kappa shape index (κ2) is 6.13. The van der Waals surface area contributed by atoms with Crippen LogP contribution in [0.25, 0.3) is 11.1 Å². The first-order valence-electron chi connectivity index (χ1n) is 6.68. The molecule has 110 valence electrons. The molecule has 3 rings (SSSR count). The third kappa shape index (κ3) is 3.15. The van der Waals surface area contributed by atoms with Crippen molar-refractivity contribution in [1.29, 1.82) is 0 Å². The van der Waals surface area contributed by atoms with Crippen LogP contribution in [0.4, 0.5) is 0 Å². The monoisotopic (exact) mass is 295 g/mol. The Bertz CT molecular complexity index is 763. The lowest BCUT2D eigenvalue weighted by Crippen LogP contribution is -1.95. The van der Waals surface area contributed by atoms with Gasteiger partial charge < -0.3 is 14.3 Å². The van der Waals surface area contributed by atoms with Gasteiger partial charge in [-0.1, -0.05) is 54.6 Å². The van der Waals surface area contributed by atoms with Crippen LogP contribution in [0.1, 0.15) is 16.2 Å². The molecule has 1 N–H and O–H groups in total. The van der Waals surface area contributed by atoms with Crippen LogP contribution in [0.2, 0.25) is 0 Å². The van der Waals surface area contributed by atoms with Crippen LogP contribution >= 0.6 is 0 Å². The number of oxazole rings is 1. The quantitative estimate of drug-likeness (QED) is 0.778. The Balaban J connectivity index is 1.65. The third-order valence-electron chi connectivity index (χ3n) is 3.11. The van der Waals surface area contributed by atoms with Crippen molar-refractivity contribution in [3.8, 4) is 17.1 Å². The van der Waals surface area contributed by atoms with Crippen LogP contribution in [-0.2, 0) is 6.61 Å². The number of carboxylic acids is 1. The van der Waals surface area contributed by atoms with Crippen LogP contribution in [0.15, 0.2) is 65.2 Å². The summed E-state index contributed by atoms with van der Waals surface area (Å²) in [5.74, 6) is -1.51. The molecule has 0 saturated carbocycles. The fraction of sp³-hybridized carbons (Fsp3) is 0.0588. The molecule has 2 aromatic carbocycles. The highest BCUT2D eigenvalue weighted by Crippen LogP contribution is 2.20. The van der Waals surface area contributed by atoms with Crippen LogP contribution in [-0.4, -0.2) is 16.1 Å². The van der Waals surface area contributed by atoms with Gasteiger partial charge in [0, 0.05) is 0 Å². The van der Waals surface area contributed by atoms with Crippen LogP contribution < -0.4 is 4.74 Å². The van der Waals surface area contributed by atoms with Gasteiger partial charge in [-0.15, -0.1) is 0 Å². The molecular formula is C17H13NO4. The summed E-state index contributed by atoms with van der Waals surface area (Å²) in [4.78, 5) is 14.2. The van der Waals surface area contributed by atoms with E-state index in [2.05, 4.69) is 4.98 Å². The zero-order valence-electron chi connectivity index (χ0n) is 11.6. The number of aromatic nitrogens is 1. The molecular weight excluding hydrogens is 282 g/mol. The van der Waals surface area contributed by atoms with E-state index < -0.39 is 5.97 Å². The second-order valence-electron chi connectivity index (χ2n) is 4.64. The Kier molecular flexibility index (Phi) is 3.87. The number of benzene rings is 2. The van der Waals surface area contributed by atoms with Crippen molar-refractivity contribution >= 4 is 5.97 Å². The van der Waals surface area contributed by atoms with Gasteiger partial charge in [-0.3, -0.25) is 0 Å². The predicted molar refractivity (Wildman–Crippen MR) is 79.7 cm³/mol. The summed E-state index contributed by atoms with van der Waals surface area (Å²) in [6.07, 6.45) is 1.25. The summed E-state index contributed by atoms with van der Waals surface area (Å²) in [5.41, 5.74) is 3.22. The maximum Gasteiger partial charge on any atom is 0.392 e. The van der Waals surface area contributed by atoms with E-state index in [9.17, 15) is 4.79 Å². The van der Waals surface area contributed by atoms with Gasteiger partial charge in [0.25, 0.3) is 0 Å². The van der Waals surface area contributed by atoms with Gasteiger partial charge in [0.15, 0.2) is 0 Å². The van der Waals surface area contributed by atoms with Gasteiger partial charge in [-0.05, 0) is 16.7 Å². The zero-order valence-corrected chi connectivity index (χ0v) is 11.6. The summed E-state index contributed by atoms with van der Waals surface area (Å²) >= 11 is 0. The highest BCUT2D eigenvalue weighted by molar-refractivity contribution is 5.82. The first-order valence-corrected chi connectivity index (χ1v) is 6.68. The largest absolute Gasteiger partial charge is 0.474 e. The minimum Gasteiger partial charge on any atom is -0.474 e. The van der Waals surface area contributed by atoms with E-state index in [4.69, 9.17) is 14.3 Å². The zero-order chi connectivity index (χ0) is 15.4. The first kappa shape index (κ1) is 13.9. The summed E-state index contributed by atoms with van der Waals surface area (Å²) in [6, 6.07) is 18.0. The highest BCUT2D eigenvalue weighted by Gasteiger charge is 2.11. The number of carboxylic acid groups (broad SMARTS) is 1. The van der Waals surface area contributed by atoms with Crippen molar-refractivity contribution in [3.63, 3.8) is 0 Å². The fourth-order valence-electron chi connectivity index (χ4n) is 2.00. The molecule has 5 nitrogen and oxygen atoms in total. The number of aromatic carboxylic acids is 1. The SMILES string of the molecule is O=C(O)c1ncc(OCc2ccc(-c3ccccc3)cc2)o1. The predicted octanol–water partition coefficient (Wildman–Crippen LogP) is 3.62. The van der Waals surface area contributed by atoms with Crippen LogP contribution in [0.5, 0.6) is 5.95 Å². The van der Waals surface area contributed by atoms with Crippen molar-refractivity contribution < 1.29 is 19.1 Å². The molecule has 0 radical (unpaired) electrons. The molecule has 1 aromatic heterocycles. The number of carbonyl (C=O) groups is 1. The van der Waals surface area contributed by atoms with Crippen LogP contribution in [0.3, 0.4) is 0 Å². The lowest BCUT2D eigenvalue weighted by Gasteiger charge is -2.05. The molecule has 5 heteroatoms. The minimum absolute atomic E-state index is 0.0875. The molecule has 0 aliphatic carbocycles. The lowest BCUT2D eigenvalue weighted by atomic mass is 10.0. The maximum atomic E-state index is 10.6. The summed E-state index contributed by atoms with van der Waals surface area (Å²) < 4.78 is 10.3. The number of hydrogen-bond donors (Lipinski definition) is 1. The Morgan fingerprint density at radius 3 is 2.36 bits per heavy atom. The number of ether oxygens (including phenoxy) is 1. The molecule has 0 fully saturated rings. The summed E-state index contributed by atoms with van der Waals surface area (Å²) in [7, 11) is 0. The standard InChI is InChI=1S/C17H13NO4/c19-17(20)16-18-10-15(22-16)21-11-12-6-8-14(9-7-12)13-4-2-1-3-5-13/h1-10H,11H2,(H,19,20). The van der Waals surface area contributed by atoms with Gasteiger partial charge >= 0.3 is 17.8 Å². The summed E-state index contributed by atoms with van der Waals surface area (Å²) in [5, 5.41) is 8.71. The second-order valence-corrected chi connectivity index (χ2v) is 4.64. The topological polar surface area (TPSA) is 72.6 Å².